The van der Waals surface area contributed by atoms with Crippen molar-refractivity contribution >= 4 is 18.0 Å². The van der Waals surface area contributed by atoms with E-state index >= 15 is 0 Å². The lowest BCUT2D eigenvalue weighted by Gasteiger charge is -2.05. The molecule has 2 N–H and O–H groups in total. The number of aromatic carboxylic acids is 1. The molecule has 5 nitrogen and oxygen atoms in total. The Labute approximate surface area is 105 Å². The summed E-state index contributed by atoms with van der Waals surface area (Å²) < 4.78 is 5.01. The number of carboxylic acid groups (broad SMARTS) is 1. The molecule has 0 atom stereocenters. The zero-order valence-electron chi connectivity index (χ0n) is 10.3. The van der Waals surface area contributed by atoms with Gasteiger partial charge in [-0.05, 0) is 17.7 Å². The summed E-state index contributed by atoms with van der Waals surface area (Å²) >= 11 is 0. The third kappa shape index (κ3) is 3.93. The van der Waals surface area contributed by atoms with Gasteiger partial charge < -0.3 is 15.2 Å². The predicted molar refractivity (Wildman–Crippen MR) is 67.7 cm³/mol. The maximum absolute atomic E-state index is 10.9. The van der Waals surface area contributed by atoms with E-state index in [1.807, 2.05) is 0 Å². The highest BCUT2D eigenvalue weighted by atomic mass is 16.5. The van der Waals surface area contributed by atoms with Crippen LogP contribution in [0.2, 0.25) is 0 Å². The summed E-state index contributed by atoms with van der Waals surface area (Å²) in [5.41, 5.74) is 0.929. The summed E-state index contributed by atoms with van der Waals surface area (Å²) in [5.74, 6) is -0.816. The summed E-state index contributed by atoms with van der Waals surface area (Å²) in [5, 5.41) is 11.5. The van der Waals surface area contributed by atoms with Crippen LogP contribution in [0.4, 0.5) is 0 Å². The van der Waals surface area contributed by atoms with Crippen molar-refractivity contribution in [2.24, 2.45) is 0 Å². The second kappa shape index (κ2) is 6.44. The van der Waals surface area contributed by atoms with Crippen molar-refractivity contribution in [1.82, 2.24) is 5.32 Å². The van der Waals surface area contributed by atoms with Crippen LogP contribution in [0, 0.1) is 0 Å². The molecule has 96 valence electrons. The van der Waals surface area contributed by atoms with E-state index in [9.17, 15) is 9.59 Å². The second-order valence-electron chi connectivity index (χ2n) is 3.60. The Morgan fingerprint density at radius 1 is 1.44 bits per heavy atom. The highest BCUT2D eigenvalue weighted by Crippen LogP contribution is 2.20. The van der Waals surface area contributed by atoms with Gasteiger partial charge in [0.1, 0.15) is 11.3 Å². The molecule has 0 aliphatic carbocycles. The van der Waals surface area contributed by atoms with Crippen LogP contribution in [0.3, 0.4) is 0 Å². The van der Waals surface area contributed by atoms with Gasteiger partial charge in [0.2, 0.25) is 5.91 Å². The lowest BCUT2D eigenvalue weighted by molar-refractivity contribution is -0.118. The zero-order chi connectivity index (χ0) is 13.5. The molecule has 0 bridgehead atoms. The monoisotopic (exact) mass is 249 g/mol. The number of amides is 1. The van der Waals surface area contributed by atoms with Crippen LogP contribution in [-0.4, -0.2) is 30.6 Å². The van der Waals surface area contributed by atoms with E-state index in [-0.39, 0.29) is 11.5 Å². The van der Waals surface area contributed by atoms with E-state index in [1.165, 1.54) is 20.1 Å². The lowest BCUT2D eigenvalue weighted by atomic mass is 10.1. The minimum atomic E-state index is -1.03. The van der Waals surface area contributed by atoms with Crippen LogP contribution in [0.25, 0.3) is 6.08 Å². The third-order valence-electron chi connectivity index (χ3n) is 2.24. The molecule has 0 unspecified atom stereocenters. The highest BCUT2D eigenvalue weighted by molar-refractivity contribution is 5.91. The molecule has 0 radical (unpaired) electrons. The fourth-order valence-corrected chi connectivity index (χ4v) is 1.39. The predicted octanol–water partition coefficient (Wildman–Crippen LogP) is 1.54. The van der Waals surface area contributed by atoms with Gasteiger partial charge in [-0.25, -0.2) is 4.79 Å². The smallest absolute Gasteiger partial charge is 0.339 e. The average Bonchev–Trinajstić information content (AvgIpc) is 2.33. The van der Waals surface area contributed by atoms with Gasteiger partial charge in [0.05, 0.1) is 7.11 Å². The summed E-state index contributed by atoms with van der Waals surface area (Å²) in [6.45, 7) is 1.87. The third-order valence-corrected chi connectivity index (χ3v) is 2.24. The topological polar surface area (TPSA) is 75.6 Å². The van der Waals surface area contributed by atoms with Crippen LogP contribution < -0.4 is 10.1 Å². The van der Waals surface area contributed by atoms with Gasteiger partial charge in [-0.3, -0.25) is 4.79 Å². The Kier molecular flexibility index (Phi) is 4.92. The largest absolute Gasteiger partial charge is 0.496 e. The van der Waals surface area contributed by atoms with Crippen LogP contribution in [0.15, 0.2) is 24.3 Å². The first-order valence-electron chi connectivity index (χ1n) is 5.37. The molecule has 0 saturated heterocycles. The maximum Gasteiger partial charge on any atom is 0.339 e. The molecule has 1 amide bonds. The summed E-state index contributed by atoms with van der Waals surface area (Å²) in [7, 11) is 1.42. The number of carbonyl (C=O) groups excluding carboxylic acids is 1. The number of nitrogens with one attached hydrogen (secondary N) is 1. The fraction of sp³-hybridized carbons (Fsp3) is 0.231. The molecular weight excluding hydrogens is 234 g/mol. The molecule has 0 heterocycles. The number of carbonyl (C=O) groups is 2. The Morgan fingerprint density at radius 3 is 2.72 bits per heavy atom. The van der Waals surface area contributed by atoms with Crippen LogP contribution in [0.5, 0.6) is 5.75 Å². The van der Waals surface area contributed by atoms with Gasteiger partial charge in [-0.2, -0.15) is 0 Å². The summed E-state index contributed by atoms with van der Waals surface area (Å²) in [6, 6.07) is 4.79. The molecule has 1 rings (SSSR count). The quantitative estimate of drug-likeness (QED) is 0.830. The number of hydrogen-bond donors (Lipinski definition) is 2. The number of rotatable bonds is 5. The summed E-state index contributed by atoms with van der Waals surface area (Å²) in [4.78, 5) is 21.5. The Hall–Kier alpha value is -2.30. The maximum atomic E-state index is 10.9. The van der Waals surface area contributed by atoms with Crippen LogP contribution in [0.1, 0.15) is 22.8 Å². The van der Waals surface area contributed by atoms with Crippen molar-refractivity contribution in [2.75, 3.05) is 13.7 Å². The highest BCUT2D eigenvalue weighted by Gasteiger charge is 2.09. The van der Waals surface area contributed by atoms with Crippen molar-refractivity contribution in [1.29, 1.82) is 0 Å². The van der Waals surface area contributed by atoms with E-state index in [1.54, 1.807) is 24.3 Å². The van der Waals surface area contributed by atoms with E-state index < -0.39 is 5.97 Å². The van der Waals surface area contributed by atoms with Gasteiger partial charge in [-0.15, -0.1) is 0 Å². The first kappa shape index (κ1) is 13.8. The molecule has 0 aliphatic heterocycles. The minimum absolute atomic E-state index is 0.0987. The van der Waals surface area contributed by atoms with E-state index in [4.69, 9.17) is 9.84 Å². The minimum Gasteiger partial charge on any atom is -0.496 e. The molecular formula is C13H15NO4. The summed E-state index contributed by atoms with van der Waals surface area (Å²) in [6.07, 6.45) is 3.56. The Bertz CT molecular complexity index is 480. The zero-order valence-corrected chi connectivity index (χ0v) is 10.3. The van der Waals surface area contributed by atoms with E-state index in [0.717, 1.165) is 5.56 Å². The van der Waals surface area contributed by atoms with E-state index in [0.29, 0.717) is 12.3 Å². The van der Waals surface area contributed by atoms with Crippen molar-refractivity contribution in [2.45, 2.75) is 6.92 Å². The molecule has 1 aromatic carbocycles. The second-order valence-corrected chi connectivity index (χ2v) is 3.60. The van der Waals surface area contributed by atoms with Gasteiger partial charge in [0, 0.05) is 13.5 Å². The van der Waals surface area contributed by atoms with Gasteiger partial charge in [0.15, 0.2) is 0 Å². The molecule has 0 saturated carbocycles. The van der Waals surface area contributed by atoms with Crippen molar-refractivity contribution in [3.05, 3.63) is 35.4 Å². The average molecular weight is 249 g/mol. The van der Waals surface area contributed by atoms with Crippen LogP contribution in [-0.2, 0) is 4.79 Å². The Morgan fingerprint density at radius 2 is 2.17 bits per heavy atom. The first-order chi connectivity index (χ1) is 8.54. The molecule has 5 heteroatoms. The number of hydrogen-bond acceptors (Lipinski definition) is 3. The van der Waals surface area contributed by atoms with Gasteiger partial charge >= 0.3 is 5.97 Å². The Balaban J connectivity index is 2.79. The molecule has 0 fully saturated rings. The van der Waals surface area contributed by atoms with Crippen molar-refractivity contribution in [3.63, 3.8) is 0 Å². The van der Waals surface area contributed by atoms with Gasteiger partial charge in [-0.1, -0.05) is 18.2 Å². The first-order valence-corrected chi connectivity index (χ1v) is 5.37. The molecule has 0 aliphatic rings. The normalized spacial score (nSPS) is 10.3. The lowest BCUT2D eigenvalue weighted by Crippen LogP contribution is -2.19. The van der Waals surface area contributed by atoms with Crippen LogP contribution >= 0.6 is 0 Å². The number of carboxylic acids is 1. The van der Waals surface area contributed by atoms with E-state index in [2.05, 4.69) is 5.32 Å². The number of benzene rings is 1. The number of methoxy groups -OCH3 is 1. The molecule has 18 heavy (non-hydrogen) atoms. The van der Waals surface area contributed by atoms with Gasteiger partial charge in [0.25, 0.3) is 0 Å². The standard InChI is InChI=1S/C13H15NO4/c1-9(15)14-7-3-4-10-5-6-11(13(16)17)12(8-10)18-2/h3-6,8H,7H2,1-2H3,(H,14,15)(H,16,17). The molecule has 1 aromatic rings. The fourth-order valence-electron chi connectivity index (χ4n) is 1.39. The number of ether oxygens (including phenoxy) is 1. The van der Waals surface area contributed by atoms with Crippen molar-refractivity contribution in [3.8, 4) is 5.75 Å². The SMILES string of the molecule is COc1cc(C=CCNC(C)=O)ccc1C(=O)O. The molecule has 0 aromatic heterocycles. The molecule has 0 spiro atoms. The van der Waals surface area contributed by atoms with Crippen molar-refractivity contribution < 1.29 is 19.4 Å².